The van der Waals surface area contributed by atoms with E-state index in [0.29, 0.717) is 16.5 Å². The second-order valence-electron chi connectivity index (χ2n) is 6.02. The molecule has 6 heteroatoms. The number of carbonyl (C=O) groups is 1. The lowest BCUT2D eigenvalue weighted by Crippen LogP contribution is -2.48. The van der Waals surface area contributed by atoms with Gasteiger partial charge >= 0.3 is 5.97 Å². The minimum Gasteiger partial charge on any atom is -0.461 e. The van der Waals surface area contributed by atoms with Gasteiger partial charge in [0.25, 0.3) is 0 Å². The molecule has 0 heterocycles. The van der Waals surface area contributed by atoms with E-state index in [-0.39, 0.29) is 34.3 Å². The Morgan fingerprint density at radius 2 is 2.05 bits per heavy atom. The van der Waals surface area contributed by atoms with Crippen molar-refractivity contribution in [2.24, 2.45) is 17.3 Å². The molecule has 2 atom stereocenters. The third kappa shape index (κ3) is 3.91. The first kappa shape index (κ1) is 17.9. The van der Waals surface area contributed by atoms with Gasteiger partial charge in [0, 0.05) is 15.6 Å². The Morgan fingerprint density at radius 1 is 1.36 bits per heavy atom. The van der Waals surface area contributed by atoms with E-state index in [0.717, 1.165) is 5.56 Å². The lowest BCUT2D eigenvalue weighted by atomic mass is 9.55. The Kier molecular flexibility index (Phi) is 5.71. The fourth-order valence-electron chi connectivity index (χ4n) is 2.68. The Morgan fingerprint density at radius 3 is 2.59 bits per heavy atom. The average Bonchev–Trinajstić information content (AvgIpc) is 2.41. The smallest absolute Gasteiger partial charge is 0.309 e. The van der Waals surface area contributed by atoms with E-state index in [1.165, 1.54) is 0 Å². The zero-order valence-corrected chi connectivity index (χ0v) is 15.2. The van der Waals surface area contributed by atoms with E-state index >= 15 is 0 Å². The van der Waals surface area contributed by atoms with Crippen LogP contribution in [0.4, 0.5) is 0 Å². The molecule has 2 rings (SSSR count). The maximum absolute atomic E-state index is 12.2. The van der Waals surface area contributed by atoms with E-state index in [2.05, 4.69) is 0 Å². The zero-order valence-electron chi connectivity index (χ0n) is 12.2. The summed E-state index contributed by atoms with van der Waals surface area (Å²) < 4.78 is 5.62. The molecule has 22 heavy (non-hydrogen) atoms. The number of hydrogen-bond donors (Lipinski definition) is 0. The first-order valence-electron chi connectivity index (χ1n) is 6.85. The standard InChI is InChI=1S/C16H16Cl4O2/c1-16(2)10(6-14(19)20)5-12(16)15(21)22-8-9-3-4-11(17)7-13(9)18/h3-4,6-7,10,12H,5,8H2,1-2H3. The van der Waals surface area contributed by atoms with Gasteiger partial charge in [-0.25, -0.2) is 0 Å². The van der Waals surface area contributed by atoms with Crippen LogP contribution in [0.25, 0.3) is 0 Å². The Bertz CT molecular complexity index is 606. The molecule has 0 aliphatic heterocycles. The molecule has 0 saturated heterocycles. The molecule has 2 nitrogen and oxygen atoms in total. The molecular weight excluding hydrogens is 366 g/mol. The van der Waals surface area contributed by atoms with Crippen LogP contribution in [-0.2, 0) is 16.1 Å². The monoisotopic (exact) mass is 380 g/mol. The molecule has 0 aromatic heterocycles. The van der Waals surface area contributed by atoms with Gasteiger partial charge in [-0.1, -0.05) is 72.4 Å². The predicted molar refractivity (Wildman–Crippen MR) is 91.4 cm³/mol. The molecule has 1 aliphatic rings. The summed E-state index contributed by atoms with van der Waals surface area (Å²) in [5.41, 5.74) is 0.507. The molecule has 0 spiro atoms. The van der Waals surface area contributed by atoms with E-state index < -0.39 is 0 Å². The van der Waals surface area contributed by atoms with Crippen molar-refractivity contribution in [1.82, 2.24) is 0 Å². The van der Waals surface area contributed by atoms with Crippen LogP contribution >= 0.6 is 46.4 Å². The quantitative estimate of drug-likeness (QED) is 0.596. The van der Waals surface area contributed by atoms with Gasteiger partial charge in [0.2, 0.25) is 0 Å². The van der Waals surface area contributed by atoms with Crippen LogP contribution in [0.15, 0.2) is 28.8 Å². The lowest BCUT2D eigenvalue weighted by Gasteiger charge is -2.49. The summed E-state index contributed by atoms with van der Waals surface area (Å²) in [6.07, 6.45) is 2.46. The summed E-state index contributed by atoms with van der Waals surface area (Å²) in [5.74, 6) is -0.229. The molecule has 0 N–H and O–H groups in total. The topological polar surface area (TPSA) is 26.3 Å². The van der Waals surface area contributed by atoms with E-state index in [1.807, 2.05) is 13.8 Å². The highest BCUT2D eigenvalue weighted by Crippen LogP contribution is 2.53. The summed E-state index contributed by atoms with van der Waals surface area (Å²) in [4.78, 5) is 12.2. The molecule has 0 radical (unpaired) electrons. The number of benzene rings is 1. The Hall–Kier alpha value is -0.410. The normalized spacial score (nSPS) is 22.6. The molecule has 1 aromatic rings. The van der Waals surface area contributed by atoms with Crippen molar-refractivity contribution >= 4 is 52.4 Å². The highest BCUT2D eigenvalue weighted by atomic mass is 35.5. The summed E-state index contributed by atoms with van der Waals surface area (Å²) >= 11 is 23.3. The molecule has 0 amide bonds. The number of ether oxygens (including phenoxy) is 1. The Balaban J connectivity index is 1.95. The SMILES string of the molecule is CC1(C)C(C=C(Cl)Cl)CC1C(=O)OCc1ccc(Cl)cc1Cl. The first-order chi connectivity index (χ1) is 10.2. The summed E-state index contributed by atoms with van der Waals surface area (Å²) in [5, 5.41) is 1.04. The third-order valence-corrected chi connectivity index (χ3v) is 5.18. The van der Waals surface area contributed by atoms with Crippen LogP contribution < -0.4 is 0 Å². The largest absolute Gasteiger partial charge is 0.461 e. The van der Waals surface area contributed by atoms with Crippen LogP contribution in [0.1, 0.15) is 25.8 Å². The zero-order chi connectivity index (χ0) is 16.5. The van der Waals surface area contributed by atoms with Crippen molar-refractivity contribution < 1.29 is 9.53 Å². The van der Waals surface area contributed by atoms with Crippen molar-refractivity contribution in [2.75, 3.05) is 0 Å². The van der Waals surface area contributed by atoms with Gasteiger partial charge in [-0.05, 0) is 29.9 Å². The van der Waals surface area contributed by atoms with Crippen molar-refractivity contribution in [2.45, 2.75) is 26.9 Å². The third-order valence-electron chi connectivity index (χ3n) is 4.34. The van der Waals surface area contributed by atoms with Crippen LogP contribution in [-0.4, -0.2) is 5.97 Å². The number of carbonyl (C=O) groups excluding carboxylic acids is 1. The molecule has 1 aromatic carbocycles. The van der Waals surface area contributed by atoms with Crippen molar-refractivity contribution in [1.29, 1.82) is 0 Å². The summed E-state index contributed by atoms with van der Waals surface area (Å²) in [7, 11) is 0. The first-order valence-corrected chi connectivity index (χ1v) is 8.36. The van der Waals surface area contributed by atoms with E-state index in [1.54, 1.807) is 24.3 Å². The molecule has 1 fully saturated rings. The fraction of sp³-hybridized carbons (Fsp3) is 0.438. The average molecular weight is 382 g/mol. The molecule has 0 bridgehead atoms. The molecule has 1 aliphatic carbocycles. The maximum atomic E-state index is 12.2. The lowest BCUT2D eigenvalue weighted by molar-refractivity contribution is -0.164. The van der Waals surface area contributed by atoms with Crippen molar-refractivity contribution in [3.8, 4) is 0 Å². The predicted octanol–water partition coefficient (Wildman–Crippen LogP) is 6.02. The van der Waals surface area contributed by atoms with E-state index in [9.17, 15) is 4.79 Å². The van der Waals surface area contributed by atoms with Crippen LogP contribution in [0.2, 0.25) is 10.0 Å². The number of allylic oxidation sites excluding steroid dienone is 1. The maximum Gasteiger partial charge on any atom is 0.309 e. The van der Waals surface area contributed by atoms with Gasteiger partial charge in [0.05, 0.1) is 5.92 Å². The number of esters is 1. The van der Waals surface area contributed by atoms with Crippen molar-refractivity contribution in [3.63, 3.8) is 0 Å². The fourth-order valence-corrected chi connectivity index (χ4v) is 3.45. The van der Waals surface area contributed by atoms with Gasteiger partial charge in [-0.2, -0.15) is 0 Å². The molecule has 120 valence electrons. The van der Waals surface area contributed by atoms with Gasteiger partial charge in [-0.3, -0.25) is 4.79 Å². The van der Waals surface area contributed by atoms with Crippen LogP contribution in [0.5, 0.6) is 0 Å². The van der Waals surface area contributed by atoms with Gasteiger partial charge in [0.15, 0.2) is 0 Å². The van der Waals surface area contributed by atoms with Gasteiger partial charge < -0.3 is 4.74 Å². The molecule has 1 saturated carbocycles. The van der Waals surface area contributed by atoms with Crippen LogP contribution in [0, 0.1) is 17.3 Å². The number of rotatable bonds is 4. The van der Waals surface area contributed by atoms with Gasteiger partial charge in [-0.15, -0.1) is 0 Å². The second-order valence-corrected chi connectivity index (χ2v) is 7.87. The second kappa shape index (κ2) is 7.00. The minimum atomic E-state index is -0.230. The Labute approximate surface area is 150 Å². The molecule has 2 unspecified atom stereocenters. The minimum absolute atomic E-state index is 0.137. The van der Waals surface area contributed by atoms with Gasteiger partial charge in [0.1, 0.15) is 11.1 Å². The summed E-state index contributed by atoms with van der Waals surface area (Å²) in [6, 6.07) is 5.10. The van der Waals surface area contributed by atoms with Crippen molar-refractivity contribution in [3.05, 3.63) is 44.4 Å². The molecular formula is C16H16Cl4O2. The number of halogens is 4. The van der Waals surface area contributed by atoms with Crippen LogP contribution in [0.3, 0.4) is 0 Å². The summed E-state index contributed by atoms with van der Waals surface area (Å²) in [6.45, 7) is 4.16. The highest BCUT2D eigenvalue weighted by Gasteiger charge is 2.51. The number of hydrogen-bond acceptors (Lipinski definition) is 2. The highest BCUT2D eigenvalue weighted by molar-refractivity contribution is 6.55. The van der Waals surface area contributed by atoms with E-state index in [4.69, 9.17) is 51.1 Å².